The molecule has 1 atom stereocenters. The van der Waals surface area contributed by atoms with Crippen molar-refractivity contribution in [3.8, 4) is 28.7 Å². The van der Waals surface area contributed by atoms with Gasteiger partial charge in [-0.2, -0.15) is 0 Å². The fraction of sp³-hybridized carbons (Fsp3) is 0.289. The molecule has 1 N–H and O–H groups in total. The van der Waals surface area contributed by atoms with Gasteiger partial charge in [0, 0.05) is 5.69 Å². The minimum Gasteiger partial charge on any atom is -0.493 e. The maximum atomic E-state index is 13.9. The van der Waals surface area contributed by atoms with Crippen LogP contribution >= 0.6 is 7.60 Å². The van der Waals surface area contributed by atoms with Crippen LogP contribution in [-0.4, -0.2) is 47.6 Å². The Hall–Kier alpha value is -4.76. The number of anilines is 1. The molecule has 0 saturated heterocycles. The van der Waals surface area contributed by atoms with E-state index in [-0.39, 0.29) is 19.6 Å². The average Bonchev–Trinajstić information content (AvgIpc) is 3.10. The van der Waals surface area contributed by atoms with Gasteiger partial charge in [0.1, 0.15) is 0 Å². The summed E-state index contributed by atoms with van der Waals surface area (Å²) in [6.45, 7) is 6.01. The highest BCUT2D eigenvalue weighted by atomic mass is 31.2. The SMILES string of the molecule is CCOP(=O)(OCC)C(Nc1ccc(CC(=O)Oc2cc(/C=C\c3cc(OC)c(OC)c(OC)c3)ccc2OC)cc1)c1cccc(C)c1. The molecule has 4 aromatic carbocycles. The van der Waals surface area contributed by atoms with Crippen LogP contribution in [0.2, 0.25) is 0 Å². The Morgan fingerprint density at radius 2 is 1.35 bits per heavy atom. The first-order valence-corrected chi connectivity index (χ1v) is 17.5. The second-order valence-electron chi connectivity index (χ2n) is 10.9. The van der Waals surface area contributed by atoms with Gasteiger partial charge in [-0.3, -0.25) is 9.36 Å². The van der Waals surface area contributed by atoms with Crippen LogP contribution in [0.3, 0.4) is 0 Å². The summed E-state index contributed by atoms with van der Waals surface area (Å²) in [6, 6.07) is 24.0. The van der Waals surface area contributed by atoms with Crippen molar-refractivity contribution in [3.63, 3.8) is 0 Å². The maximum Gasteiger partial charge on any atom is 0.357 e. The zero-order valence-electron chi connectivity index (χ0n) is 29.0. The monoisotopic (exact) mass is 689 g/mol. The van der Waals surface area contributed by atoms with Gasteiger partial charge in [-0.25, -0.2) is 0 Å². The van der Waals surface area contributed by atoms with Gasteiger partial charge in [-0.1, -0.05) is 60.2 Å². The second-order valence-corrected chi connectivity index (χ2v) is 13.0. The molecule has 0 radical (unpaired) electrons. The van der Waals surface area contributed by atoms with Crippen LogP contribution < -0.4 is 29.0 Å². The molecule has 0 aliphatic rings. The van der Waals surface area contributed by atoms with Crippen molar-refractivity contribution in [2.45, 2.75) is 33.0 Å². The van der Waals surface area contributed by atoms with Crippen molar-refractivity contribution in [2.24, 2.45) is 0 Å². The number of rotatable bonds is 17. The van der Waals surface area contributed by atoms with Gasteiger partial charge in [0.2, 0.25) is 5.75 Å². The molecule has 0 fully saturated rings. The van der Waals surface area contributed by atoms with E-state index >= 15 is 0 Å². The van der Waals surface area contributed by atoms with Crippen LogP contribution in [0, 0.1) is 6.92 Å². The first-order chi connectivity index (χ1) is 23.7. The summed E-state index contributed by atoms with van der Waals surface area (Å²) in [4.78, 5) is 13.1. The Morgan fingerprint density at radius 1 is 0.735 bits per heavy atom. The minimum atomic E-state index is -3.57. The Bertz CT molecular complexity index is 1750. The van der Waals surface area contributed by atoms with E-state index in [0.29, 0.717) is 34.4 Å². The van der Waals surface area contributed by atoms with Crippen molar-refractivity contribution < 1.29 is 42.1 Å². The largest absolute Gasteiger partial charge is 0.493 e. The quantitative estimate of drug-likeness (QED) is 0.0500. The molecule has 0 aromatic heterocycles. The summed E-state index contributed by atoms with van der Waals surface area (Å²) < 4.78 is 52.8. The lowest BCUT2D eigenvalue weighted by molar-refractivity contribution is -0.133. The standard InChI is InChI=1S/C38H44NO9P/c1-8-46-49(41,47-9-2)38(30-12-10-11-26(3)21-30)39-31-18-15-28(16-19-31)25-36(40)48-33-22-27(17-20-32(33)42-4)13-14-29-23-34(43-5)37(45-7)35(24-29)44-6/h10-24,38-39H,8-9,25H2,1-7H3/b14-13-. The number of hydrogen-bond acceptors (Lipinski definition) is 10. The smallest absolute Gasteiger partial charge is 0.357 e. The summed E-state index contributed by atoms with van der Waals surface area (Å²) in [5, 5.41) is 3.34. The lowest BCUT2D eigenvalue weighted by Crippen LogP contribution is -2.16. The lowest BCUT2D eigenvalue weighted by atomic mass is 10.1. The molecule has 0 bridgehead atoms. The van der Waals surface area contributed by atoms with E-state index in [2.05, 4.69) is 5.32 Å². The molecule has 0 amide bonds. The Balaban J connectivity index is 1.48. The molecule has 10 nitrogen and oxygen atoms in total. The molecule has 0 spiro atoms. The van der Waals surface area contributed by atoms with Gasteiger partial charge in [0.25, 0.3) is 0 Å². The van der Waals surface area contributed by atoms with Crippen LogP contribution in [-0.2, 0) is 24.8 Å². The Labute approximate surface area is 288 Å². The number of ether oxygens (including phenoxy) is 5. The predicted molar refractivity (Wildman–Crippen MR) is 192 cm³/mol. The Kier molecular flexibility index (Phi) is 13.3. The van der Waals surface area contributed by atoms with Crippen LogP contribution in [0.1, 0.15) is 47.4 Å². The van der Waals surface area contributed by atoms with E-state index in [0.717, 1.165) is 27.8 Å². The maximum absolute atomic E-state index is 13.9. The van der Waals surface area contributed by atoms with E-state index in [9.17, 15) is 9.36 Å². The zero-order valence-corrected chi connectivity index (χ0v) is 29.9. The van der Waals surface area contributed by atoms with Crippen LogP contribution in [0.15, 0.2) is 78.9 Å². The number of methoxy groups -OCH3 is 4. The van der Waals surface area contributed by atoms with E-state index in [1.54, 1.807) is 47.3 Å². The normalized spacial score (nSPS) is 12.0. The molecule has 11 heteroatoms. The third-order valence-electron chi connectivity index (χ3n) is 7.46. The summed E-state index contributed by atoms with van der Waals surface area (Å²) in [6.07, 6.45) is 3.79. The summed E-state index contributed by atoms with van der Waals surface area (Å²) >= 11 is 0. The number of esters is 1. The molecule has 0 aliphatic heterocycles. The van der Waals surface area contributed by atoms with Crippen molar-refractivity contribution in [2.75, 3.05) is 47.0 Å². The third kappa shape index (κ3) is 9.66. The average molecular weight is 690 g/mol. The highest BCUT2D eigenvalue weighted by molar-refractivity contribution is 7.54. The van der Waals surface area contributed by atoms with Gasteiger partial charge >= 0.3 is 13.6 Å². The molecule has 4 rings (SSSR count). The highest BCUT2D eigenvalue weighted by Crippen LogP contribution is 2.60. The van der Waals surface area contributed by atoms with Gasteiger partial charge in [0.05, 0.1) is 48.1 Å². The van der Waals surface area contributed by atoms with E-state index in [1.807, 2.05) is 85.8 Å². The van der Waals surface area contributed by atoms with Gasteiger partial charge in [0.15, 0.2) is 28.8 Å². The highest BCUT2D eigenvalue weighted by Gasteiger charge is 2.37. The number of hydrogen-bond donors (Lipinski definition) is 1. The van der Waals surface area contributed by atoms with Crippen LogP contribution in [0.25, 0.3) is 12.2 Å². The molecular weight excluding hydrogens is 645 g/mol. The number of aryl methyl sites for hydroxylation is 1. The molecule has 0 heterocycles. The fourth-order valence-corrected chi connectivity index (χ4v) is 7.13. The third-order valence-corrected chi connectivity index (χ3v) is 9.76. The molecule has 49 heavy (non-hydrogen) atoms. The van der Waals surface area contributed by atoms with E-state index in [4.69, 9.17) is 32.7 Å². The van der Waals surface area contributed by atoms with E-state index < -0.39 is 19.3 Å². The summed E-state index contributed by atoms with van der Waals surface area (Å²) in [5.74, 6) is 1.11. The molecular formula is C38H44NO9P. The topological polar surface area (TPSA) is 111 Å². The van der Waals surface area contributed by atoms with Crippen molar-refractivity contribution in [1.29, 1.82) is 0 Å². The molecule has 4 aromatic rings. The number of nitrogens with one attached hydrogen (secondary N) is 1. The second kappa shape index (κ2) is 17.6. The minimum absolute atomic E-state index is 0.0205. The summed E-state index contributed by atoms with van der Waals surface area (Å²) in [7, 11) is 2.62. The van der Waals surface area contributed by atoms with Crippen LogP contribution in [0.4, 0.5) is 5.69 Å². The van der Waals surface area contributed by atoms with Crippen molar-refractivity contribution in [3.05, 3.63) is 107 Å². The fourth-order valence-electron chi connectivity index (χ4n) is 5.20. The first kappa shape index (κ1) is 37.1. The van der Waals surface area contributed by atoms with Gasteiger partial charge < -0.3 is 38.0 Å². The molecule has 1 unspecified atom stereocenters. The zero-order chi connectivity index (χ0) is 35.4. The van der Waals surface area contributed by atoms with Gasteiger partial charge in [-0.15, -0.1) is 0 Å². The lowest BCUT2D eigenvalue weighted by Gasteiger charge is -2.28. The molecule has 260 valence electrons. The predicted octanol–water partition coefficient (Wildman–Crippen LogP) is 8.72. The van der Waals surface area contributed by atoms with E-state index in [1.165, 1.54) is 7.11 Å². The number of benzene rings is 4. The number of carbonyl (C=O) groups is 1. The summed E-state index contributed by atoms with van der Waals surface area (Å²) in [5.41, 5.74) is 4.84. The first-order valence-electron chi connectivity index (χ1n) is 15.8. The van der Waals surface area contributed by atoms with Crippen molar-refractivity contribution >= 4 is 31.4 Å². The molecule has 0 saturated carbocycles. The van der Waals surface area contributed by atoms with Crippen molar-refractivity contribution in [1.82, 2.24) is 0 Å². The number of carbonyl (C=O) groups excluding carboxylic acids is 1. The Morgan fingerprint density at radius 3 is 1.92 bits per heavy atom. The van der Waals surface area contributed by atoms with Gasteiger partial charge in [-0.05, 0) is 79.4 Å². The van der Waals surface area contributed by atoms with Crippen LogP contribution in [0.5, 0.6) is 28.7 Å². The molecule has 0 aliphatic carbocycles.